The topological polar surface area (TPSA) is 54.0 Å². The van der Waals surface area contributed by atoms with Crippen molar-refractivity contribution in [2.75, 3.05) is 5.43 Å². The molecule has 0 unspecified atom stereocenters. The number of amides is 1. The Kier molecular flexibility index (Phi) is 3.37. The molecule has 2 bridgehead atoms. The minimum atomic E-state index is -0.0132. The molecule has 4 nitrogen and oxygen atoms in total. The Balaban J connectivity index is 1.64. The van der Waals surface area contributed by atoms with E-state index in [1.807, 2.05) is 0 Å². The third-order valence-electron chi connectivity index (χ3n) is 3.78. The molecule has 100 valence electrons. The number of halogens is 2. The summed E-state index contributed by atoms with van der Waals surface area (Å²) in [6.45, 7) is 0. The second-order valence-corrected chi connectivity index (χ2v) is 5.79. The highest BCUT2D eigenvalue weighted by Crippen LogP contribution is 2.43. The molecule has 1 aromatic heterocycles. The first-order valence-electron chi connectivity index (χ1n) is 6.18. The van der Waals surface area contributed by atoms with Crippen LogP contribution in [-0.4, -0.2) is 10.9 Å². The number of hydrogen-bond acceptors (Lipinski definition) is 3. The van der Waals surface area contributed by atoms with E-state index in [4.69, 9.17) is 23.2 Å². The van der Waals surface area contributed by atoms with Gasteiger partial charge in [0.1, 0.15) is 0 Å². The number of pyridine rings is 1. The molecule has 6 heteroatoms. The molecule has 0 aromatic carbocycles. The minimum absolute atomic E-state index is 0.0132. The summed E-state index contributed by atoms with van der Waals surface area (Å²) in [7, 11) is 0. The Morgan fingerprint density at radius 3 is 2.53 bits per heavy atom. The third-order valence-corrected chi connectivity index (χ3v) is 4.35. The van der Waals surface area contributed by atoms with Gasteiger partial charge in [0.25, 0.3) is 0 Å². The fraction of sp³-hybridized carbons (Fsp3) is 0.385. The van der Waals surface area contributed by atoms with Gasteiger partial charge in [-0.1, -0.05) is 35.4 Å². The number of hydrazine groups is 1. The van der Waals surface area contributed by atoms with Gasteiger partial charge in [0, 0.05) is 18.3 Å². The molecule has 0 radical (unpaired) electrons. The number of rotatable bonds is 3. The molecule has 0 spiro atoms. The first-order valence-corrected chi connectivity index (χ1v) is 6.94. The van der Waals surface area contributed by atoms with Gasteiger partial charge >= 0.3 is 0 Å². The molecule has 3 atom stereocenters. The quantitative estimate of drug-likeness (QED) is 0.666. The number of allylic oxidation sites excluding steroid dienone is 2. The molecule has 2 aliphatic carbocycles. The molecule has 2 aliphatic rings. The maximum absolute atomic E-state index is 12.1. The summed E-state index contributed by atoms with van der Waals surface area (Å²) in [5.41, 5.74) is 5.95. The minimum Gasteiger partial charge on any atom is -0.295 e. The predicted molar refractivity (Wildman–Crippen MR) is 74.9 cm³/mol. The lowest BCUT2D eigenvalue weighted by atomic mass is 9.93. The first kappa shape index (κ1) is 12.8. The van der Waals surface area contributed by atoms with Gasteiger partial charge in [0.2, 0.25) is 5.91 Å². The molecule has 1 fully saturated rings. The standard InChI is InChI=1S/C13H13Cl2N3O/c14-10-5-16-6-11(15)12(10)17-18-13(19)9-4-7-1-2-8(9)3-7/h1-2,5-9H,3-4H2,(H,16,17)(H,18,19)/t7-,8-,9-/m0/s1. The zero-order chi connectivity index (χ0) is 13.4. The van der Waals surface area contributed by atoms with Crippen LogP contribution in [0.1, 0.15) is 12.8 Å². The lowest BCUT2D eigenvalue weighted by molar-refractivity contribution is -0.125. The summed E-state index contributed by atoms with van der Waals surface area (Å²) < 4.78 is 0. The SMILES string of the molecule is O=C(NNc1c(Cl)cncc1Cl)[C@H]1C[C@H]2C=C[C@H]1C2. The fourth-order valence-electron chi connectivity index (χ4n) is 2.83. The van der Waals surface area contributed by atoms with Gasteiger partial charge in [-0.05, 0) is 24.7 Å². The molecule has 0 aliphatic heterocycles. The van der Waals surface area contributed by atoms with Crippen LogP contribution in [-0.2, 0) is 4.79 Å². The third kappa shape index (κ3) is 2.42. The maximum Gasteiger partial charge on any atom is 0.242 e. The van der Waals surface area contributed by atoms with Crippen molar-refractivity contribution in [3.63, 3.8) is 0 Å². The molecule has 3 rings (SSSR count). The zero-order valence-electron chi connectivity index (χ0n) is 10.1. The summed E-state index contributed by atoms with van der Waals surface area (Å²) in [4.78, 5) is 16.0. The largest absolute Gasteiger partial charge is 0.295 e. The summed E-state index contributed by atoms with van der Waals surface area (Å²) in [5, 5.41) is 0.751. The van der Waals surface area contributed by atoms with Crippen LogP contribution < -0.4 is 10.9 Å². The second kappa shape index (κ2) is 5.02. The van der Waals surface area contributed by atoms with Crippen molar-refractivity contribution >= 4 is 34.8 Å². The molecule has 1 amide bonds. The Hall–Kier alpha value is -1.26. The highest BCUT2D eigenvalue weighted by Gasteiger charge is 2.39. The van der Waals surface area contributed by atoms with Crippen LogP contribution in [0.3, 0.4) is 0 Å². The molecule has 1 saturated carbocycles. The Morgan fingerprint density at radius 2 is 1.95 bits per heavy atom. The maximum atomic E-state index is 12.1. The number of aromatic nitrogens is 1. The molecule has 0 saturated heterocycles. The van der Waals surface area contributed by atoms with E-state index in [-0.39, 0.29) is 11.8 Å². The fourth-order valence-corrected chi connectivity index (χ4v) is 3.29. The van der Waals surface area contributed by atoms with Crippen molar-refractivity contribution in [3.8, 4) is 0 Å². The highest BCUT2D eigenvalue weighted by atomic mass is 35.5. The molecule has 19 heavy (non-hydrogen) atoms. The van der Waals surface area contributed by atoms with E-state index in [1.54, 1.807) is 0 Å². The number of nitrogens with one attached hydrogen (secondary N) is 2. The predicted octanol–water partition coefficient (Wildman–Crippen LogP) is 3.04. The van der Waals surface area contributed by atoms with Crippen LogP contribution in [0.5, 0.6) is 0 Å². The number of fused-ring (bicyclic) bond motifs is 2. The monoisotopic (exact) mass is 297 g/mol. The van der Waals surface area contributed by atoms with E-state index >= 15 is 0 Å². The van der Waals surface area contributed by atoms with Gasteiger partial charge in [-0.2, -0.15) is 0 Å². The highest BCUT2D eigenvalue weighted by molar-refractivity contribution is 6.38. The average molecular weight is 298 g/mol. The van der Waals surface area contributed by atoms with Crippen LogP contribution in [0.15, 0.2) is 24.5 Å². The van der Waals surface area contributed by atoms with E-state index in [0.717, 1.165) is 12.8 Å². The van der Waals surface area contributed by atoms with E-state index < -0.39 is 0 Å². The van der Waals surface area contributed by atoms with E-state index in [9.17, 15) is 4.79 Å². The lowest BCUT2D eigenvalue weighted by Crippen LogP contribution is -2.36. The smallest absolute Gasteiger partial charge is 0.242 e. The summed E-state index contributed by atoms with van der Waals surface area (Å²) in [6.07, 6.45) is 9.31. The van der Waals surface area contributed by atoms with Gasteiger partial charge < -0.3 is 0 Å². The van der Waals surface area contributed by atoms with Gasteiger partial charge in [0.05, 0.1) is 15.7 Å². The Morgan fingerprint density at radius 1 is 1.21 bits per heavy atom. The van der Waals surface area contributed by atoms with Gasteiger partial charge in [-0.25, -0.2) is 0 Å². The van der Waals surface area contributed by atoms with Gasteiger partial charge in [-0.3, -0.25) is 20.6 Å². The summed E-state index contributed by atoms with van der Waals surface area (Å²) in [5.74, 6) is 0.965. The lowest BCUT2D eigenvalue weighted by Gasteiger charge is -2.19. The molecule has 1 heterocycles. The normalized spacial score (nSPS) is 27.6. The molecular weight excluding hydrogens is 285 g/mol. The van der Waals surface area contributed by atoms with Crippen molar-refractivity contribution in [2.45, 2.75) is 12.8 Å². The Labute approximate surface area is 121 Å². The van der Waals surface area contributed by atoms with E-state index in [1.165, 1.54) is 12.4 Å². The number of hydrogen-bond donors (Lipinski definition) is 2. The average Bonchev–Trinajstić information content (AvgIpc) is 3.00. The van der Waals surface area contributed by atoms with Crippen molar-refractivity contribution in [1.82, 2.24) is 10.4 Å². The van der Waals surface area contributed by atoms with Crippen LogP contribution in [0, 0.1) is 17.8 Å². The summed E-state index contributed by atoms with van der Waals surface area (Å²) >= 11 is 11.9. The second-order valence-electron chi connectivity index (χ2n) is 4.98. The van der Waals surface area contributed by atoms with Crippen molar-refractivity contribution in [2.24, 2.45) is 17.8 Å². The van der Waals surface area contributed by atoms with Crippen LogP contribution in [0.2, 0.25) is 10.0 Å². The number of anilines is 1. The van der Waals surface area contributed by atoms with Crippen LogP contribution in [0.4, 0.5) is 5.69 Å². The van der Waals surface area contributed by atoms with E-state index in [2.05, 4.69) is 28.0 Å². The van der Waals surface area contributed by atoms with Crippen LogP contribution in [0.25, 0.3) is 0 Å². The molecular formula is C13H13Cl2N3O. The summed E-state index contributed by atoms with van der Waals surface area (Å²) in [6, 6.07) is 0. The van der Waals surface area contributed by atoms with Gasteiger partial charge in [-0.15, -0.1) is 0 Å². The van der Waals surface area contributed by atoms with Crippen molar-refractivity contribution < 1.29 is 4.79 Å². The van der Waals surface area contributed by atoms with Crippen LogP contribution >= 0.6 is 23.2 Å². The van der Waals surface area contributed by atoms with E-state index in [0.29, 0.717) is 27.6 Å². The zero-order valence-corrected chi connectivity index (χ0v) is 11.6. The van der Waals surface area contributed by atoms with Crippen molar-refractivity contribution in [1.29, 1.82) is 0 Å². The van der Waals surface area contributed by atoms with Gasteiger partial charge in [0.15, 0.2) is 0 Å². The molecule has 1 aromatic rings. The van der Waals surface area contributed by atoms with Crippen molar-refractivity contribution in [3.05, 3.63) is 34.6 Å². The first-order chi connectivity index (χ1) is 9.15. The number of carbonyl (C=O) groups excluding carboxylic acids is 1. The Bertz CT molecular complexity index is 526. The molecule has 2 N–H and O–H groups in total. The number of carbonyl (C=O) groups is 1. The number of nitrogens with zero attached hydrogens (tertiary/aromatic N) is 1.